The molecule has 1 N–H and O–H groups in total. The minimum atomic E-state index is -3.39. The molecule has 0 amide bonds. The molecule has 1 atom stereocenters. The lowest BCUT2D eigenvalue weighted by Crippen LogP contribution is -2.26. The first-order chi connectivity index (χ1) is 13.4. The number of pyridine rings is 1. The molecular weight excluding hydrogens is 425 g/mol. The lowest BCUT2D eigenvalue weighted by atomic mass is 10.1. The Kier molecular flexibility index (Phi) is 7.80. The van der Waals surface area contributed by atoms with Crippen molar-refractivity contribution >= 4 is 38.7 Å². The highest BCUT2D eigenvalue weighted by Gasteiger charge is 2.24. The third-order valence-electron chi connectivity index (χ3n) is 5.10. The Morgan fingerprint density at radius 2 is 1.97 bits per heavy atom. The molecule has 2 aromatic carbocycles. The van der Waals surface area contributed by atoms with Crippen LogP contribution in [0.5, 0.6) is 0 Å². The van der Waals surface area contributed by atoms with E-state index in [1.165, 1.54) is 18.2 Å². The van der Waals surface area contributed by atoms with Crippen molar-refractivity contribution < 1.29 is 12.8 Å². The standard InChI is InChI=1S/C21H22FN3O2S.CH4.ClH/c1-28(26,27)21-5-3-18(22)10-17(21)13-25-9-7-20(14-25)24-19-4-2-16-12-23-8-6-15(16)11-19;;/h2-6,8,10-12,20,24H,7,9,13-14H2,1H3;1H4;1H/t20-;;/m1../s1. The topological polar surface area (TPSA) is 62.3 Å². The summed E-state index contributed by atoms with van der Waals surface area (Å²) in [6, 6.07) is 12.3. The SMILES string of the molecule is C.CS(=O)(=O)c1ccc(F)cc1CN1CC[C@@H](Nc2ccc3cnccc3c2)C1.Cl. The van der Waals surface area contributed by atoms with Crippen LogP contribution in [0.2, 0.25) is 0 Å². The predicted octanol–water partition coefficient (Wildman–Crippen LogP) is 4.52. The Bertz CT molecular complexity index is 1120. The van der Waals surface area contributed by atoms with Gasteiger partial charge in [-0.25, -0.2) is 12.8 Å². The highest BCUT2D eigenvalue weighted by Crippen LogP contribution is 2.24. The maximum Gasteiger partial charge on any atom is 0.175 e. The fourth-order valence-electron chi connectivity index (χ4n) is 3.78. The number of likely N-dealkylation sites (tertiary alicyclic amines) is 1. The molecule has 0 bridgehead atoms. The van der Waals surface area contributed by atoms with E-state index in [0.29, 0.717) is 12.1 Å². The monoisotopic (exact) mass is 451 g/mol. The fourth-order valence-corrected chi connectivity index (χ4v) is 4.69. The van der Waals surface area contributed by atoms with Gasteiger partial charge in [-0.15, -0.1) is 12.4 Å². The van der Waals surface area contributed by atoms with Gasteiger partial charge in [0.05, 0.1) is 4.90 Å². The van der Waals surface area contributed by atoms with Crippen LogP contribution in [0.25, 0.3) is 10.8 Å². The van der Waals surface area contributed by atoms with Gasteiger partial charge in [0.15, 0.2) is 9.84 Å². The van der Waals surface area contributed by atoms with Crippen molar-refractivity contribution in [2.24, 2.45) is 0 Å². The number of benzene rings is 2. The number of sulfone groups is 1. The molecule has 3 aromatic rings. The van der Waals surface area contributed by atoms with Gasteiger partial charge in [0.25, 0.3) is 0 Å². The average molecular weight is 452 g/mol. The van der Waals surface area contributed by atoms with Crippen molar-refractivity contribution in [2.75, 3.05) is 24.7 Å². The number of aromatic nitrogens is 1. The van der Waals surface area contributed by atoms with Gasteiger partial charge in [-0.05, 0) is 53.8 Å². The van der Waals surface area contributed by atoms with Gasteiger partial charge >= 0.3 is 0 Å². The van der Waals surface area contributed by atoms with E-state index >= 15 is 0 Å². The van der Waals surface area contributed by atoms with E-state index in [4.69, 9.17) is 0 Å². The van der Waals surface area contributed by atoms with E-state index in [1.807, 2.05) is 24.4 Å². The van der Waals surface area contributed by atoms with Crippen LogP contribution in [0, 0.1) is 5.82 Å². The molecule has 0 radical (unpaired) electrons. The molecule has 5 nitrogen and oxygen atoms in total. The van der Waals surface area contributed by atoms with Crippen LogP contribution >= 0.6 is 12.4 Å². The molecular formula is C22H27ClFN3O2S. The predicted molar refractivity (Wildman–Crippen MR) is 123 cm³/mol. The summed E-state index contributed by atoms with van der Waals surface area (Å²) >= 11 is 0. The van der Waals surface area contributed by atoms with Gasteiger partial charge in [0.2, 0.25) is 0 Å². The minimum absolute atomic E-state index is 0. The average Bonchev–Trinajstić information content (AvgIpc) is 3.07. The molecule has 0 aliphatic carbocycles. The number of nitrogens with zero attached hydrogens (tertiary/aromatic N) is 2. The molecule has 1 saturated heterocycles. The van der Waals surface area contributed by atoms with E-state index in [0.717, 1.165) is 42.2 Å². The number of hydrogen-bond acceptors (Lipinski definition) is 5. The van der Waals surface area contributed by atoms with Crippen molar-refractivity contribution in [3.8, 4) is 0 Å². The molecule has 8 heteroatoms. The van der Waals surface area contributed by atoms with E-state index in [-0.39, 0.29) is 30.8 Å². The van der Waals surface area contributed by atoms with Gasteiger partial charge < -0.3 is 5.32 Å². The fraction of sp³-hybridized carbons (Fsp3) is 0.318. The largest absolute Gasteiger partial charge is 0.381 e. The summed E-state index contributed by atoms with van der Waals surface area (Å²) in [5, 5.41) is 5.78. The summed E-state index contributed by atoms with van der Waals surface area (Å²) in [6.07, 6.45) is 5.72. The third kappa shape index (κ3) is 5.47. The first kappa shape index (κ1) is 24.1. The van der Waals surface area contributed by atoms with Crippen molar-refractivity contribution in [1.82, 2.24) is 9.88 Å². The normalized spacial score (nSPS) is 16.7. The van der Waals surface area contributed by atoms with Crippen molar-refractivity contribution in [1.29, 1.82) is 0 Å². The maximum atomic E-state index is 13.7. The second kappa shape index (κ2) is 9.73. The summed E-state index contributed by atoms with van der Waals surface area (Å²) < 4.78 is 37.7. The molecule has 2 heterocycles. The molecule has 30 heavy (non-hydrogen) atoms. The lowest BCUT2D eigenvalue weighted by Gasteiger charge is -2.19. The number of hydrogen-bond donors (Lipinski definition) is 1. The second-order valence-electron chi connectivity index (χ2n) is 7.33. The summed E-state index contributed by atoms with van der Waals surface area (Å²) in [5.41, 5.74) is 1.56. The molecule has 0 saturated carbocycles. The summed E-state index contributed by atoms with van der Waals surface area (Å²) in [4.78, 5) is 6.49. The zero-order chi connectivity index (χ0) is 19.7. The second-order valence-corrected chi connectivity index (χ2v) is 9.31. The van der Waals surface area contributed by atoms with Crippen molar-refractivity contribution in [2.45, 2.75) is 31.3 Å². The maximum absolute atomic E-state index is 13.7. The molecule has 4 rings (SSSR count). The molecule has 0 unspecified atom stereocenters. The quantitative estimate of drug-likeness (QED) is 0.578. The van der Waals surface area contributed by atoms with E-state index in [1.54, 1.807) is 6.20 Å². The zero-order valence-electron chi connectivity index (χ0n) is 16.0. The molecule has 162 valence electrons. The molecule has 1 fully saturated rings. The molecule has 1 aliphatic rings. The van der Waals surface area contributed by atoms with Gasteiger partial charge in [-0.2, -0.15) is 0 Å². The zero-order valence-corrected chi connectivity index (χ0v) is 17.6. The lowest BCUT2D eigenvalue weighted by molar-refractivity contribution is 0.325. The van der Waals surface area contributed by atoms with Crippen LogP contribution in [0.4, 0.5) is 10.1 Å². The summed E-state index contributed by atoms with van der Waals surface area (Å²) in [7, 11) is -3.39. The number of halogens is 2. The van der Waals surface area contributed by atoms with Crippen LogP contribution in [-0.2, 0) is 16.4 Å². The summed E-state index contributed by atoms with van der Waals surface area (Å²) in [5.74, 6) is -0.415. The van der Waals surface area contributed by atoms with Crippen LogP contribution in [0.15, 0.2) is 59.8 Å². The Morgan fingerprint density at radius 3 is 2.73 bits per heavy atom. The van der Waals surface area contributed by atoms with E-state index in [9.17, 15) is 12.8 Å². The Hall–Kier alpha value is -2.22. The van der Waals surface area contributed by atoms with Crippen molar-refractivity contribution in [3.05, 3.63) is 66.2 Å². The van der Waals surface area contributed by atoms with Crippen LogP contribution in [-0.4, -0.2) is 43.7 Å². The number of nitrogens with one attached hydrogen (secondary N) is 1. The van der Waals surface area contributed by atoms with Gasteiger partial charge in [0.1, 0.15) is 5.82 Å². The highest BCUT2D eigenvalue weighted by atomic mass is 35.5. The first-order valence-corrected chi connectivity index (χ1v) is 11.1. The van der Waals surface area contributed by atoms with Gasteiger partial charge in [-0.1, -0.05) is 13.5 Å². The molecule has 1 aliphatic heterocycles. The van der Waals surface area contributed by atoms with Gasteiger partial charge in [0, 0.05) is 55.4 Å². The Morgan fingerprint density at radius 1 is 1.17 bits per heavy atom. The van der Waals surface area contributed by atoms with Crippen LogP contribution < -0.4 is 5.32 Å². The van der Waals surface area contributed by atoms with Crippen LogP contribution in [0.3, 0.4) is 0 Å². The first-order valence-electron chi connectivity index (χ1n) is 9.20. The number of rotatable bonds is 5. The number of anilines is 1. The Labute approximate surface area is 183 Å². The summed E-state index contributed by atoms with van der Waals surface area (Å²) in [6.45, 7) is 2.02. The van der Waals surface area contributed by atoms with Crippen molar-refractivity contribution in [3.63, 3.8) is 0 Å². The molecule has 1 aromatic heterocycles. The van der Waals surface area contributed by atoms with E-state index in [2.05, 4.69) is 21.3 Å². The third-order valence-corrected chi connectivity index (χ3v) is 6.30. The van der Waals surface area contributed by atoms with E-state index < -0.39 is 15.7 Å². The van der Waals surface area contributed by atoms with Gasteiger partial charge in [-0.3, -0.25) is 9.88 Å². The highest BCUT2D eigenvalue weighted by molar-refractivity contribution is 7.90. The smallest absolute Gasteiger partial charge is 0.175 e. The van der Waals surface area contributed by atoms with Crippen LogP contribution in [0.1, 0.15) is 19.4 Å². The molecule has 0 spiro atoms. The number of fused-ring (bicyclic) bond motifs is 1. The Balaban J connectivity index is 0.00000160. The minimum Gasteiger partial charge on any atom is -0.381 e.